The van der Waals surface area contributed by atoms with E-state index in [2.05, 4.69) is 11.3 Å². The summed E-state index contributed by atoms with van der Waals surface area (Å²) in [7, 11) is 0. The average Bonchev–Trinajstić information content (AvgIpc) is 3.30. The van der Waals surface area contributed by atoms with Crippen molar-refractivity contribution >= 4 is 40.7 Å². The van der Waals surface area contributed by atoms with E-state index >= 15 is 0 Å². The molecule has 1 aliphatic carbocycles. The number of nitrogens with zero attached hydrogens (tertiary/aromatic N) is 1. The average molecular weight is 546 g/mol. The van der Waals surface area contributed by atoms with Gasteiger partial charge in [0, 0.05) is 36.1 Å². The molecule has 4 atom stereocenters. The summed E-state index contributed by atoms with van der Waals surface area (Å²) in [5.74, 6) is 1.52. The van der Waals surface area contributed by atoms with Gasteiger partial charge in [-0.15, -0.1) is 4.72 Å². The predicted octanol–water partition coefficient (Wildman–Crippen LogP) is 6.54. The van der Waals surface area contributed by atoms with E-state index < -0.39 is 21.7 Å². The molecule has 2 fully saturated rings. The highest BCUT2D eigenvalue weighted by Crippen LogP contribution is 2.49. The first-order valence-electron chi connectivity index (χ1n) is 12.1. The Labute approximate surface area is 223 Å². The van der Waals surface area contributed by atoms with Gasteiger partial charge in [0.1, 0.15) is 22.7 Å². The van der Waals surface area contributed by atoms with Gasteiger partial charge in [-0.25, -0.2) is 4.79 Å². The van der Waals surface area contributed by atoms with Gasteiger partial charge in [0.15, 0.2) is 0 Å². The minimum Gasteiger partial charge on any atom is -0.598 e. The van der Waals surface area contributed by atoms with Crippen molar-refractivity contribution in [1.29, 1.82) is 0 Å². The van der Waals surface area contributed by atoms with Crippen LogP contribution in [0.15, 0.2) is 24.8 Å². The molecule has 35 heavy (non-hydrogen) atoms. The lowest BCUT2D eigenvalue weighted by atomic mass is 9.90. The highest BCUT2D eigenvalue weighted by Gasteiger charge is 2.47. The van der Waals surface area contributed by atoms with Crippen LogP contribution in [0.4, 0.5) is 4.79 Å². The van der Waals surface area contributed by atoms with Crippen molar-refractivity contribution in [2.45, 2.75) is 70.8 Å². The molecule has 1 amide bonds. The maximum atomic E-state index is 13.2. The third-order valence-electron chi connectivity index (χ3n) is 6.45. The van der Waals surface area contributed by atoms with Gasteiger partial charge in [-0.05, 0) is 78.2 Å². The molecule has 1 heterocycles. The second kappa shape index (κ2) is 11.1. The van der Waals surface area contributed by atoms with Crippen LogP contribution in [-0.2, 0) is 16.1 Å². The van der Waals surface area contributed by atoms with Gasteiger partial charge in [0.05, 0.1) is 16.1 Å². The number of likely N-dealkylation sites (tertiary alicyclic amines) is 1. The summed E-state index contributed by atoms with van der Waals surface area (Å²) in [6, 6.07) is 3.29. The molecule has 1 saturated carbocycles. The van der Waals surface area contributed by atoms with Crippen LogP contribution in [0.2, 0.25) is 10.0 Å². The van der Waals surface area contributed by atoms with Crippen molar-refractivity contribution in [3.63, 3.8) is 0 Å². The van der Waals surface area contributed by atoms with Gasteiger partial charge in [0.2, 0.25) is 0 Å². The second-order valence-corrected chi connectivity index (χ2v) is 14.3. The van der Waals surface area contributed by atoms with Crippen molar-refractivity contribution in [3.8, 4) is 5.75 Å². The maximum absolute atomic E-state index is 13.2. The lowest BCUT2D eigenvalue weighted by molar-refractivity contribution is 0.0277. The summed E-state index contributed by atoms with van der Waals surface area (Å²) in [4.78, 5) is 14.4. The second-order valence-electron chi connectivity index (χ2n) is 11.5. The van der Waals surface area contributed by atoms with Crippen molar-refractivity contribution in [3.05, 3.63) is 40.4 Å². The Morgan fingerprint density at radius 1 is 1.20 bits per heavy atom. The molecule has 1 N–H and O–H groups in total. The Hall–Kier alpha value is -1.12. The molecule has 196 valence electrons. The number of ether oxygens (including phenoxy) is 2. The number of rotatable bonds is 7. The number of hydrogen-bond acceptors (Lipinski definition) is 5. The van der Waals surface area contributed by atoms with Crippen LogP contribution in [0.25, 0.3) is 0 Å². The maximum Gasteiger partial charge on any atom is 0.410 e. The third kappa shape index (κ3) is 7.22. The van der Waals surface area contributed by atoms with Gasteiger partial charge in [-0.3, -0.25) is 0 Å². The molecule has 1 aromatic carbocycles. The summed E-state index contributed by atoms with van der Waals surface area (Å²) in [6.45, 7) is 16.9. The van der Waals surface area contributed by atoms with Crippen LogP contribution < -0.4 is 9.46 Å². The van der Waals surface area contributed by atoms with Crippen LogP contribution >= 0.6 is 23.2 Å². The van der Waals surface area contributed by atoms with E-state index in [4.69, 9.17) is 32.7 Å². The van der Waals surface area contributed by atoms with Crippen LogP contribution in [0, 0.1) is 17.8 Å². The number of carbonyl (C=O) groups excluding carboxylic acids is 1. The zero-order chi connectivity index (χ0) is 26.1. The Kier molecular flexibility index (Phi) is 9.02. The SMILES string of the molecule is C=CCOc1cc(Cl)c(Cl)cc1[C@@H](N[S+]([O-])C(C)(C)C)C1C[C@@H]2CN(C(=O)OC(C)(C)C)C[C@H]2C1. The standard InChI is InChI=1S/C26H38Cl2N2O4S/c1-8-9-33-22-13-21(28)20(27)12-19(22)23(29-35(32)26(5,6)7)16-10-17-14-30(15-18(17)11-16)24(31)34-25(2,3)4/h8,12-13,16-18,23,29H,1,9-11,14-15H2,2-7H3/t17-,18-,23+,35?/m1/s1. The highest BCUT2D eigenvalue weighted by molar-refractivity contribution is 7.90. The molecule has 3 rings (SSSR count). The molecule has 1 unspecified atom stereocenters. The van der Waals surface area contributed by atoms with E-state index in [0.29, 0.717) is 47.3 Å². The lowest BCUT2D eigenvalue weighted by Crippen LogP contribution is -2.43. The topological polar surface area (TPSA) is 73.9 Å². The van der Waals surface area contributed by atoms with Crippen molar-refractivity contribution in [2.75, 3.05) is 19.7 Å². The van der Waals surface area contributed by atoms with E-state index in [0.717, 1.165) is 18.4 Å². The van der Waals surface area contributed by atoms with Crippen LogP contribution in [0.3, 0.4) is 0 Å². The quantitative estimate of drug-likeness (QED) is 0.311. The van der Waals surface area contributed by atoms with Gasteiger partial charge < -0.3 is 18.9 Å². The number of nitrogens with one attached hydrogen (secondary N) is 1. The Morgan fingerprint density at radius 2 is 1.77 bits per heavy atom. The van der Waals surface area contributed by atoms with E-state index in [1.54, 1.807) is 12.1 Å². The van der Waals surface area contributed by atoms with Crippen LogP contribution in [-0.4, -0.2) is 45.6 Å². The molecule has 0 spiro atoms. The number of amides is 1. The molecule has 0 aromatic heterocycles. The highest BCUT2D eigenvalue weighted by atomic mass is 35.5. The van der Waals surface area contributed by atoms with Crippen LogP contribution in [0.5, 0.6) is 5.75 Å². The van der Waals surface area contributed by atoms with Gasteiger partial charge in [-0.1, -0.05) is 35.9 Å². The minimum absolute atomic E-state index is 0.195. The molecule has 1 aliphatic heterocycles. The summed E-state index contributed by atoms with van der Waals surface area (Å²) >= 11 is 11.4. The zero-order valence-corrected chi connectivity index (χ0v) is 23.9. The monoisotopic (exact) mass is 544 g/mol. The summed E-state index contributed by atoms with van der Waals surface area (Å²) in [6.07, 6.45) is 3.21. The van der Waals surface area contributed by atoms with Crippen molar-refractivity contribution < 1.29 is 18.8 Å². The van der Waals surface area contributed by atoms with Crippen LogP contribution in [0.1, 0.15) is 66.0 Å². The Balaban J connectivity index is 1.85. The molecular formula is C26H38Cl2N2O4S. The van der Waals surface area contributed by atoms with E-state index in [1.165, 1.54) is 0 Å². The van der Waals surface area contributed by atoms with Gasteiger partial charge in [0.25, 0.3) is 0 Å². The van der Waals surface area contributed by atoms with E-state index in [9.17, 15) is 9.35 Å². The number of carbonyl (C=O) groups is 1. The molecular weight excluding hydrogens is 507 g/mol. The predicted molar refractivity (Wildman–Crippen MR) is 143 cm³/mol. The lowest BCUT2D eigenvalue weighted by Gasteiger charge is -2.32. The Morgan fingerprint density at radius 3 is 2.29 bits per heavy atom. The molecule has 1 saturated heterocycles. The van der Waals surface area contributed by atoms with Gasteiger partial charge >= 0.3 is 6.09 Å². The van der Waals surface area contributed by atoms with E-state index in [-0.39, 0.29) is 18.1 Å². The molecule has 2 aliphatic rings. The third-order valence-corrected chi connectivity index (χ3v) is 8.75. The molecule has 6 nitrogen and oxygen atoms in total. The number of benzene rings is 1. The van der Waals surface area contributed by atoms with E-state index in [1.807, 2.05) is 52.5 Å². The van der Waals surface area contributed by atoms with Crippen molar-refractivity contribution in [1.82, 2.24) is 9.62 Å². The normalized spacial score (nSPS) is 22.6. The first-order chi connectivity index (χ1) is 16.2. The fraction of sp³-hybridized carbons (Fsp3) is 0.654. The number of halogens is 2. The summed E-state index contributed by atoms with van der Waals surface area (Å²) < 4.78 is 27.7. The summed E-state index contributed by atoms with van der Waals surface area (Å²) in [5.41, 5.74) is 0.326. The minimum atomic E-state index is -1.31. The van der Waals surface area contributed by atoms with Gasteiger partial charge in [-0.2, -0.15) is 0 Å². The molecule has 1 aromatic rings. The first-order valence-corrected chi connectivity index (χ1v) is 14.0. The molecule has 0 radical (unpaired) electrons. The smallest absolute Gasteiger partial charge is 0.410 e. The van der Waals surface area contributed by atoms with Crippen molar-refractivity contribution in [2.24, 2.45) is 17.8 Å². The fourth-order valence-corrected chi connectivity index (χ4v) is 6.09. The Bertz CT molecular complexity index is 917. The first kappa shape index (κ1) is 28.5. The fourth-order valence-electron chi connectivity index (χ4n) is 4.86. The zero-order valence-electron chi connectivity index (χ0n) is 21.5. The molecule has 0 bridgehead atoms. The number of hydrogen-bond donors (Lipinski definition) is 1. The number of fused-ring (bicyclic) bond motifs is 1. The summed E-state index contributed by atoms with van der Waals surface area (Å²) in [5, 5.41) is 0.830. The molecule has 9 heteroatoms. The largest absolute Gasteiger partial charge is 0.598 e.